The zero-order valence-electron chi connectivity index (χ0n) is 16.0. The summed E-state index contributed by atoms with van der Waals surface area (Å²) >= 11 is 5.29. The minimum Gasteiger partial charge on any atom is -0.436 e. The number of carbonyl (C=O) groups excluding carboxylic acids is 1. The molecule has 0 aliphatic rings. The zero-order valence-corrected chi connectivity index (χ0v) is 16.8. The Balaban J connectivity index is 1.51. The van der Waals surface area contributed by atoms with Gasteiger partial charge in [0.25, 0.3) is 5.91 Å². The van der Waals surface area contributed by atoms with E-state index < -0.39 is 0 Å². The number of nitrogens with zero attached hydrogens (tertiary/aromatic N) is 1. The van der Waals surface area contributed by atoms with E-state index in [9.17, 15) is 4.79 Å². The topological polar surface area (TPSA) is 67.2 Å². The lowest BCUT2D eigenvalue weighted by molar-refractivity contribution is 0.0977. The van der Waals surface area contributed by atoms with Crippen molar-refractivity contribution in [3.05, 3.63) is 83.4 Å². The Hall–Kier alpha value is -3.51. The molecule has 0 saturated carbocycles. The van der Waals surface area contributed by atoms with E-state index in [0.717, 1.165) is 22.4 Å². The van der Waals surface area contributed by atoms with E-state index in [2.05, 4.69) is 15.6 Å². The summed E-state index contributed by atoms with van der Waals surface area (Å²) in [6.07, 6.45) is 0. The molecule has 144 valence electrons. The number of oxazole rings is 1. The van der Waals surface area contributed by atoms with Gasteiger partial charge in [0, 0.05) is 16.8 Å². The van der Waals surface area contributed by atoms with Gasteiger partial charge in [0.2, 0.25) is 5.89 Å². The number of amides is 1. The monoisotopic (exact) mass is 401 g/mol. The van der Waals surface area contributed by atoms with Crippen LogP contribution >= 0.6 is 12.2 Å². The van der Waals surface area contributed by atoms with Crippen molar-refractivity contribution in [1.82, 2.24) is 10.3 Å². The molecule has 0 saturated heterocycles. The van der Waals surface area contributed by atoms with Crippen LogP contribution in [-0.4, -0.2) is 16.0 Å². The third-order valence-electron chi connectivity index (χ3n) is 4.64. The molecule has 0 spiro atoms. The van der Waals surface area contributed by atoms with Crippen LogP contribution < -0.4 is 10.6 Å². The van der Waals surface area contributed by atoms with Gasteiger partial charge in [-0.3, -0.25) is 10.1 Å². The molecule has 4 rings (SSSR count). The van der Waals surface area contributed by atoms with Crippen molar-refractivity contribution < 1.29 is 9.21 Å². The first kappa shape index (κ1) is 18.8. The van der Waals surface area contributed by atoms with Crippen molar-refractivity contribution in [2.45, 2.75) is 13.8 Å². The molecule has 0 unspecified atom stereocenters. The van der Waals surface area contributed by atoms with Crippen molar-refractivity contribution in [3.8, 4) is 11.5 Å². The molecule has 0 fully saturated rings. The molecule has 0 radical (unpaired) electrons. The maximum atomic E-state index is 12.4. The Bertz CT molecular complexity index is 1230. The molecule has 6 heteroatoms. The van der Waals surface area contributed by atoms with Crippen molar-refractivity contribution >= 4 is 40.0 Å². The van der Waals surface area contributed by atoms with Crippen molar-refractivity contribution in [3.63, 3.8) is 0 Å². The number of thiocarbonyl (C=S) groups is 1. The highest BCUT2D eigenvalue weighted by atomic mass is 32.1. The summed E-state index contributed by atoms with van der Waals surface area (Å²) in [5.41, 5.74) is 5.64. The Morgan fingerprint density at radius 3 is 2.45 bits per heavy atom. The SMILES string of the molecule is Cc1ccccc1C(=O)NC(=S)Nc1ccc2oc(-c3ccccc3C)nc2c1. The van der Waals surface area contributed by atoms with Gasteiger partial charge >= 0.3 is 0 Å². The quantitative estimate of drug-likeness (QED) is 0.460. The molecule has 1 heterocycles. The highest BCUT2D eigenvalue weighted by Crippen LogP contribution is 2.28. The molecule has 1 aromatic heterocycles. The van der Waals surface area contributed by atoms with Crippen LogP contribution in [0.15, 0.2) is 71.1 Å². The normalized spacial score (nSPS) is 10.7. The van der Waals surface area contributed by atoms with E-state index in [1.54, 1.807) is 6.07 Å². The fourth-order valence-electron chi connectivity index (χ4n) is 3.09. The lowest BCUT2D eigenvalue weighted by atomic mass is 10.1. The van der Waals surface area contributed by atoms with E-state index in [-0.39, 0.29) is 11.0 Å². The Labute approximate surface area is 173 Å². The van der Waals surface area contributed by atoms with Gasteiger partial charge in [0.1, 0.15) is 5.52 Å². The summed E-state index contributed by atoms with van der Waals surface area (Å²) in [7, 11) is 0. The number of anilines is 1. The number of rotatable bonds is 3. The maximum Gasteiger partial charge on any atom is 0.257 e. The predicted molar refractivity (Wildman–Crippen MR) is 119 cm³/mol. The van der Waals surface area contributed by atoms with Crippen LogP contribution in [0.1, 0.15) is 21.5 Å². The minimum atomic E-state index is -0.245. The molecule has 1 amide bonds. The summed E-state index contributed by atoms with van der Waals surface area (Å²) in [5.74, 6) is 0.329. The number of nitrogens with one attached hydrogen (secondary N) is 2. The fraction of sp³-hybridized carbons (Fsp3) is 0.0870. The summed E-state index contributed by atoms with van der Waals surface area (Å²) in [5, 5.41) is 5.96. The van der Waals surface area contributed by atoms with Gasteiger partial charge in [-0.25, -0.2) is 4.98 Å². The Kier molecular flexibility index (Phi) is 5.10. The molecule has 0 aliphatic heterocycles. The molecule has 0 bridgehead atoms. The van der Waals surface area contributed by atoms with Crippen LogP contribution in [0.4, 0.5) is 5.69 Å². The number of hydrogen-bond donors (Lipinski definition) is 2. The molecule has 5 nitrogen and oxygen atoms in total. The van der Waals surface area contributed by atoms with Crippen LogP contribution in [0.5, 0.6) is 0 Å². The van der Waals surface area contributed by atoms with Crippen LogP contribution in [0.25, 0.3) is 22.6 Å². The van der Waals surface area contributed by atoms with E-state index in [0.29, 0.717) is 22.6 Å². The van der Waals surface area contributed by atoms with Crippen LogP contribution in [-0.2, 0) is 0 Å². The number of aryl methyl sites for hydroxylation is 2. The summed E-state index contributed by atoms with van der Waals surface area (Å²) in [6, 6.07) is 20.8. The fourth-order valence-corrected chi connectivity index (χ4v) is 3.30. The molecule has 2 N–H and O–H groups in total. The van der Waals surface area contributed by atoms with E-state index >= 15 is 0 Å². The van der Waals surface area contributed by atoms with Gasteiger partial charge in [-0.1, -0.05) is 36.4 Å². The number of fused-ring (bicyclic) bond motifs is 1. The highest BCUT2D eigenvalue weighted by molar-refractivity contribution is 7.80. The van der Waals surface area contributed by atoms with Gasteiger partial charge in [-0.05, 0) is 67.5 Å². The largest absolute Gasteiger partial charge is 0.436 e. The van der Waals surface area contributed by atoms with Gasteiger partial charge in [-0.15, -0.1) is 0 Å². The van der Waals surface area contributed by atoms with Crippen molar-refractivity contribution in [2.24, 2.45) is 0 Å². The van der Waals surface area contributed by atoms with E-state index in [1.165, 1.54) is 0 Å². The second kappa shape index (κ2) is 7.85. The number of carbonyl (C=O) groups is 1. The molecular weight excluding hydrogens is 382 g/mol. The van der Waals surface area contributed by atoms with Gasteiger partial charge < -0.3 is 9.73 Å². The predicted octanol–water partition coefficient (Wildman–Crippen LogP) is 5.24. The highest BCUT2D eigenvalue weighted by Gasteiger charge is 2.13. The zero-order chi connectivity index (χ0) is 20.4. The van der Waals surface area contributed by atoms with Crippen molar-refractivity contribution in [2.75, 3.05) is 5.32 Å². The lowest BCUT2D eigenvalue weighted by Gasteiger charge is -2.10. The Morgan fingerprint density at radius 2 is 1.69 bits per heavy atom. The van der Waals surface area contributed by atoms with E-state index in [4.69, 9.17) is 16.6 Å². The van der Waals surface area contributed by atoms with Crippen LogP contribution in [0.2, 0.25) is 0 Å². The average Bonchev–Trinajstić information content (AvgIpc) is 3.11. The number of aromatic nitrogens is 1. The molecule has 29 heavy (non-hydrogen) atoms. The number of benzene rings is 3. The van der Waals surface area contributed by atoms with Crippen molar-refractivity contribution in [1.29, 1.82) is 0 Å². The van der Waals surface area contributed by atoms with Gasteiger partial charge in [-0.2, -0.15) is 0 Å². The third-order valence-corrected chi connectivity index (χ3v) is 4.84. The summed E-state index contributed by atoms with van der Waals surface area (Å²) < 4.78 is 5.89. The molecule has 4 aromatic rings. The molecule has 3 aromatic carbocycles. The number of hydrogen-bond acceptors (Lipinski definition) is 4. The van der Waals surface area contributed by atoms with E-state index in [1.807, 2.05) is 74.5 Å². The molecule has 0 atom stereocenters. The second-order valence-electron chi connectivity index (χ2n) is 6.74. The van der Waals surface area contributed by atoms with Crippen LogP contribution in [0, 0.1) is 13.8 Å². The standard InChI is InChI=1S/C23H19N3O2S/c1-14-7-3-5-9-17(14)21(27)26-23(29)24-16-11-12-20-19(13-16)25-22(28-20)18-10-6-4-8-15(18)2/h3-13H,1-2H3,(H2,24,26,27,29). The maximum absolute atomic E-state index is 12.4. The first-order valence-corrected chi connectivity index (χ1v) is 9.56. The van der Waals surface area contributed by atoms with Gasteiger partial charge in [0.05, 0.1) is 0 Å². The third kappa shape index (κ3) is 4.02. The molecular formula is C23H19N3O2S. The second-order valence-corrected chi connectivity index (χ2v) is 7.15. The summed E-state index contributed by atoms with van der Waals surface area (Å²) in [4.78, 5) is 17.0. The minimum absolute atomic E-state index is 0.222. The lowest BCUT2D eigenvalue weighted by Crippen LogP contribution is -2.34. The first-order valence-electron chi connectivity index (χ1n) is 9.16. The van der Waals surface area contributed by atoms with Crippen LogP contribution in [0.3, 0.4) is 0 Å². The smallest absolute Gasteiger partial charge is 0.257 e. The van der Waals surface area contributed by atoms with Gasteiger partial charge in [0.15, 0.2) is 10.7 Å². The first-order chi connectivity index (χ1) is 14.0. The molecule has 0 aliphatic carbocycles. The summed E-state index contributed by atoms with van der Waals surface area (Å²) in [6.45, 7) is 3.91. The Morgan fingerprint density at radius 1 is 0.966 bits per heavy atom. The average molecular weight is 401 g/mol.